The fraction of sp³-hybridized carbons (Fsp3) is 0.208. The summed E-state index contributed by atoms with van der Waals surface area (Å²) >= 11 is 0. The first-order chi connectivity index (χ1) is 14.5. The van der Waals surface area contributed by atoms with Crippen LogP contribution in [0.2, 0.25) is 0 Å². The van der Waals surface area contributed by atoms with Crippen LogP contribution < -0.4 is 4.90 Å². The van der Waals surface area contributed by atoms with E-state index in [2.05, 4.69) is 6.58 Å². The molecule has 6 nitrogen and oxygen atoms in total. The van der Waals surface area contributed by atoms with Crippen molar-refractivity contribution in [2.75, 3.05) is 11.5 Å². The van der Waals surface area contributed by atoms with E-state index in [-0.39, 0.29) is 24.4 Å². The highest BCUT2D eigenvalue weighted by Crippen LogP contribution is 2.48. The molecule has 0 saturated carbocycles. The fourth-order valence-electron chi connectivity index (χ4n) is 4.08. The number of benzene rings is 2. The summed E-state index contributed by atoms with van der Waals surface area (Å²) in [6.45, 7) is 5.61. The molecule has 0 radical (unpaired) electrons. The van der Waals surface area contributed by atoms with Gasteiger partial charge in [-0.2, -0.15) is 0 Å². The van der Waals surface area contributed by atoms with Crippen LogP contribution in [0.25, 0.3) is 5.76 Å². The first-order valence-electron chi connectivity index (χ1n) is 9.75. The normalized spacial score (nSPS) is 23.1. The maximum Gasteiger partial charge on any atom is 0.337 e. The largest absolute Gasteiger partial charge is 0.485 e. The quantitative estimate of drug-likeness (QED) is 0.435. The lowest BCUT2D eigenvalue weighted by atomic mass is 9.80. The second-order valence-electron chi connectivity index (χ2n) is 7.05. The van der Waals surface area contributed by atoms with E-state index in [1.807, 2.05) is 6.07 Å². The second kappa shape index (κ2) is 7.63. The van der Waals surface area contributed by atoms with Gasteiger partial charge in [-0.15, -0.1) is 0 Å². The summed E-state index contributed by atoms with van der Waals surface area (Å²) in [5.74, 6) is -2.01. The number of hydrogen-bond donors (Lipinski definition) is 0. The lowest BCUT2D eigenvalue weighted by Gasteiger charge is -2.41. The van der Waals surface area contributed by atoms with Crippen LogP contribution in [0.5, 0.6) is 0 Å². The molecule has 2 aromatic rings. The minimum absolute atomic E-state index is 0.0131. The number of fused-ring (bicyclic) bond motifs is 1. The van der Waals surface area contributed by atoms with Crippen LogP contribution >= 0.6 is 0 Å². The van der Waals surface area contributed by atoms with E-state index in [4.69, 9.17) is 9.47 Å². The Hall–Kier alpha value is -3.67. The van der Waals surface area contributed by atoms with Crippen LogP contribution in [0.1, 0.15) is 18.9 Å². The fourth-order valence-corrected chi connectivity index (χ4v) is 4.08. The molecule has 2 heterocycles. The zero-order chi connectivity index (χ0) is 21.3. The number of esters is 1. The molecule has 1 fully saturated rings. The predicted octanol–water partition coefficient (Wildman–Crippen LogP) is 3.29. The lowest BCUT2D eigenvalue weighted by Crippen LogP contribution is -2.57. The average molecular weight is 403 g/mol. The van der Waals surface area contributed by atoms with Gasteiger partial charge in [0.1, 0.15) is 11.9 Å². The highest BCUT2D eigenvalue weighted by Gasteiger charge is 2.65. The minimum Gasteiger partial charge on any atom is -0.485 e. The van der Waals surface area contributed by atoms with Crippen molar-refractivity contribution < 1.29 is 23.9 Å². The molecule has 4 rings (SSSR count). The summed E-state index contributed by atoms with van der Waals surface area (Å²) in [7, 11) is 0. The molecule has 0 spiro atoms. The average Bonchev–Trinajstić information content (AvgIpc) is 3.02. The Morgan fingerprint density at radius 2 is 1.80 bits per heavy atom. The molecule has 0 bridgehead atoms. The summed E-state index contributed by atoms with van der Waals surface area (Å²) in [6, 6.07) is 17.6. The number of ketones is 1. The molecule has 2 aromatic carbocycles. The molecule has 0 unspecified atom stereocenters. The first kappa shape index (κ1) is 19.6. The van der Waals surface area contributed by atoms with Crippen molar-refractivity contribution in [2.24, 2.45) is 0 Å². The van der Waals surface area contributed by atoms with Gasteiger partial charge in [-0.05, 0) is 19.1 Å². The Bertz CT molecular complexity index is 1040. The minimum atomic E-state index is -1.63. The van der Waals surface area contributed by atoms with Gasteiger partial charge in [-0.25, -0.2) is 4.79 Å². The molecule has 6 heteroatoms. The van der Waals surface area contributed by atoms with Crippen LogP contribution in [-0.4, -0.2) is 35.9 Å². The summed E-state index contributed by atoms with van der Waals surface area (Å²) in [4.78, 5) is 41.1. The topological polar surface area (TPSA) is 72.9 Å². The molecule has 0 N–H and O–H groups in total. The van der Waals surface area contributed by atoms with Gasteiger partial charge in [0.25, 0.3) is 5.78 Å². The van der Waals surface area contributed by atoms with Gasteiger partial charge in [0.05, 0.1) is 12.2 Å². The third kappa shape index (κ3) is 2.84. The Morgan fingerprint density at radius 3 is 2.40 bits per heavy atom. The first-order valence-corrected chi connectivity index (χ1v) is 9.75. The van der Waals surface area contributed by atoms with Crippen molar-refractivity contribution in [3.8, 4) is 0 Å². The van der Waals surface area contributed by atoms with Crippen molar-refractivity contribution in [3.63, 3.8) is 0 Å². The molecule has 2 aliphatic heterocycles. The number of carbonyl (C=O) groups excluding carboxylic acids is 3. The molecule has 2 atom stereocenters. The Balaban J connectivity index is 2.05. The number of ether oxygens (including phenoxy) is 2. The van der Waals surface area contributed by atoms with Crippen molar-refractivity contribution >= 4 is 29.1 Å². The smallest absolute Gasteiger partial charge is 0.337 e. The number of amides is 1. The summed E-state index contributed by atoms with van der Waals surface area (Å²) in [5.41, 5.74) is -0.577. The van der Waals surface area contributed by atoms with Gasteiger partial charge >= 0.3 is 11.9 Å². The number of rotatable bonds is 5. The zero-order valence-electron chi connectivity index (χ0n) is 16.5. The summed E-state index contributed by atoms with van der Waals surface area (Å²) < 4.78 is 11.4. The van der Waals surface area contributed by atoms with Crippen LogP contribution in [0, 0.1) is 0 Å². The van der Waals surface area contributed by atoms with Gasteiger partial charge in [0.2, 0.25) is 0 Å². The number of hydrogen-bond acceptors (Lipinski definition) is 5. The van der Waals surface area contributed by atoms with Crippen molar-refractivity contribution in [1.82, 2.24) is 0 Å². The zero-order valence-corrected chi connectivity index (χ0v) is 16.5. The third-order valence-electron chi connectivity index (χ3n) is 5.34. The van der Waals surface area contributed by atoms with E-state index in [9.17, 15) is 14.4 Å². The van der Waals surface area contributed by atoms with Crippen LogP contribution in [0.15, 0.2) is 78.9 Å². The summed E-state index contributed by atoms with van der Waals surface area (Å²) in [6.07, 6.45) is 1.00. The highest BCUT2D eigenvalue weighted by atomic mass is 16.5. The Labute approximate surface area is 174 Å². The van der Waals surface area contributed by atoms with Crippen molar-refractivity contribution in [3.05, 3.63) is 84.5 Å². The Kier molecular flexibility index (Phi) is 4.99. The highest BCUT2D eigenvalue weighted by molar-refractivity contribution is 6.54. The Morgan fingerprint density at radius 1 is 1.17 bits per heavy atom. The number of nitrogens with zero attached hydrogens (tertiary/aromatic N) is 1. The predicted molar refractivity (Wildman–Crippen MR) is 111 cm³/mol. The maximum atomic E-state index is 13.4. The molecule has 1 amide bonds. The standard InChI is InChI=1S/C24H21NO5/c1-3-18-15-24(23(28)29-4-2)19(21(30-18)16-11-7-5-8-12-16)20(26)22(27)25(24)17-13-9-6-10-14-17/h3,5-14,18H,1,4,15H2,2H3/t18-,24+/m0/s1. The molecular formula is C24H21NO5. The van der Waals surface area contributed by atoms with Gasteiger partial charge in [-0.3, -0.25) is 14.5 Å². The van der Waals surface area contributed by atoms with Crippen LogP contribution in [0.4, 0.5) is 5.69 Å². The lowest BCUT2D eigenvalue weighted by molar-refractivity contribution is -0.150. The second-order valence-corrected chi connectivity index (χ2v) is 7.05. The van der Waals surface area contributed by atoms with Gasteiger partial charge in [0.15, 0.2) is 5.54 Å². The molecular weight excluding hydrogens is 382 g/mol. The van der Waals surface area contributed by atoms with Crippen LogP contribution in [-0.2, 0) is 23.9 Å². The van der Waals surface area contributed by atoms with E-state index in [1.165, 1.54) is 4.90 Å². The molecule has 0 aliphatic carbocycles. The van der Waals surface area contributed by atoms with Gasteiger partial charge in [0, 0.05) is 17.7 Å². The maximum absolute atomic E-state index is 13.4. The SMILES string of the molecule is C=C[C@H]1C[C@]2(C(=O)OCC)C(=C(c3ccccc3)O1)C(=O)C(=O)N2c1ccccc1. The van der Waals surface area contributed by atoms with E-state index >= 15 is 0 Å². The molecule has 30 heavy (non-hydrogen) atoms. The number of carbonyl (C=O) groups is 3. The van der Waals surface area contributed by atoms with Gasteiger partial charge in [-0.1, -0.05) is 61.2 Å². The van der Waals surface area contributed by atoms with Crippen molar-refractivity contribution in [2.45, 2.75) is 25.0 Å². The van der Waals surface area contributed by atoms with E-state index in [1.54, 1.807) is 67.6 Å². The van der Waals surface area contributed by atoms with Crippen molar-refractivity contribution in [1.29, 1.82) is 0 Å². The van der Waals surface area contributed by atoms with Gasteiger partial charge < -0.3 is 9.47 Å². The summed E-state index contributed by atoms with van der Waals surface area (Å²) in [5, 5.41) is 0. The third-order valence-corrected chi connectivity index (χ3v) is 5.34. The van der Waals surface area contributed by atoms with E-state index in [0.717, 1.165) is 0 Å². The van der Waals surface area contributed by atoms with Crippen LogP contribution in [0.3, 0.4) is 0 Å². The van der Waals surface area contributed by atoms with E-state index in [0.29, 0.717) is 11.3 Å². The monoisotopic (exact) mass is 403 g/mol. The number of anilines is 1. The molecule has 0 aromatic heterocycles. The molecule has 152 valence electrons. The number of para-hydroxylation sites is 1. The number of Topliss-reactive ketones (excluding diaryl/α,β-unsaturated/α-hetero) is 1. The molecule has 1 saturated heterocycles. The molecule has 2 aliphatic rings. The van der Waals surface area contributed by atoms with E-state index < -0.39 is 29.3 Å².